The maximum Gasteiger partial charge on any atom is 0.335 e. The number of halogens is 2. The Morgan fingerprint density at radius 1 is 0.644 bits per heavy atom. The molecule has 3 aliphatic rings. The third-order valence-corrected chi connectivity index (χ3v) is 12.4. The number of aliphatic imine (C=N–C) groups is 1. The van der Waals surface area contributed by atoms with E-state index in [1.807, 2.05) is 0 Å². The Morgan fingerprint density at radius 3 is 1.53 bits per heavy atom. The topological polar surface area (TPSA) is 267 Å². The lowest BCUT2D eigenvalue weighted by Gasteiger charge is -2.14. The first kappa shape index (κ1) is 50.3. The number of benzene rings is 4. The zero-order valence-electron chi connectivity index (χ0n) is 39.6. The Morgan fingerprint density at radius 2 is 1.10 bits per heavy atom. The summed E-state index contributed by atoms with van der Waals surface area (Å²) in [6, 6.07) is 21.2. The zero-order chi connectivity index (χ0) is 51.9. The maximum absolute atomic E-state index is 13.5. The normalized spacial score (nSPS) is 15.8. The van der Waals surface area contributed by atoms with Gasteiger partial charge < -0.3 is 31.3 Å². The molecule has 6 amide bonds. The summed E-state index contributed by atoms with van der Waals surface area (Å²) in [6.07, 6.45) is 4.86. The molecule has 2 aromatic heterocycles. The molecule has 1 saturated heterocycles. The number of carboxylic acids is 1. The van der Waals surface area contributed by atoms with Gasteiger partial charge in [-0.05, 0) is 120 Å². The van der Waals surface area contributed by atoms with Crippen molar-refractivity contribution in [2.75, 3.05) is 13.6 Å². The SMILES string of the molecule is Cc1cc(CNC(=O)c2cc(C(=O)N[C@H]3CCc4cc(C(=O)N=C5NC(=O)CN5C)ccc43)ncn2)ccc1F.Cc1cc(CNC(=O)c2cc(C(=O)N[C@H]3CCc4cc(C(=O)O)ccc43)ncn2)ccc1F. The quantitative estimate of drug-likeness (QED) is 0.0964. The lowest BCUT2D eigenvalue weighted by molar-refractivity contribution is -0.118. The Hall–Kier alpha value is -9.14. The van der Waals surface area contributed by atoms with Crippen LogP contribution in [0, 0.1) is 25.5 Å². The molecule has 6 N–H and O–H groups in total. The largest absolute Gasteiger partial charge is 0.478 e. The summed E-state index contributed by atoms with van der Waals surface area (Å²) in [6.45, 7) is 3.79. The zero-order valence-corrected chi connectivity index (χ0v) is 39.6. The van der Waals surface area contributed by atoms with Crippen molar-refractivity contribution < 1.29 is 47.4 Å². The molecule has 4 aromatic carbocycles. The van der Waals surface area contributed by atoms with E-state index in [-0.39, 0.29) is 83.6 Å². The molecule has 0 saturated carbocycles. The summed E-state index contributed by atoms with van der Waals surface area (Å²) < 4.78 is 26.9. The van der Waals surface area contributed by atoms with E-state index in [4.69, 9.17) is 5.11 Å². The standard InChI is InChI=1S/C28H26FN7O4.C24H21FN4O4/c1-15-9-16(3-7-20(15)29)12-30-26(39)22-11-23(32-14-31-22)27(40)33-21-8-5-17-10-18(4-6-19(17)21)25(38)35-28-34-24(37)13-36(28)2;1-13-8-14(2-6-18(13)25)11-26-22(30)20-10-21(28-12-27-20)23(31)29-19-7-4-15-9-16(24(32)33)3-5-17(15)19/h3-4,6-7,9-11,14,21H,5,8,12-13H2,1-2H3,(H,30,39)(H,33,40)(H,34,35,37,38);2-3,5-6,8-10,12,19H,4,7,11H2,1H3,(H,26,30)(H,29,31)(H,32,33)/t21-;19-/m00/s1. The number of likely N-dealkylation sites (N-methyl/N-ethyl adjacent to an activating group) is 1. The lowest BCUT2D eigenvalue weighted by atomic mass is 10.0. The van der Waals surface area contributed by atoms with Gasteiger partial charge in [0.1, 0.15) is 47.1 Å². The van der Waals surface area contributed by atoms with E-state index in [1.165, 1.54) is 30.3 Å². The number of fused-ring (bicyclic) bond motifs is 2. The van der Waals surface area contributed by atoms with Gasteiger partial charge in [0.2, 0.25) is 11.9 Å². The maximum atomic E-state index is 13.5. The molecule has 2 atom stereocenters. The van der Waals surface area contributed by atoms with Crippen LogP contribution in [0.25, 0.3) is 0 Å². The van der Waals surface area contributed by atoms with Crippen LogP contribution >= 0.6 is 0 Å². The number of amides is 6. The third-order valence-electron chi connectivity index (χ3n) is 12.4. The highest BCUT2D eigenvalue weighted by atomic mass is 19.1. The van der Waals surface area contributed by atoms with E-state index in [2.05, 4.69) is 51.5 Å². The number of nitrogens with zero attached hydrogens (tertiary/aromatic N) is 6. The number of nitrogens with one attached hydrogen (secondary N) is 5. The first-order valence-electron chi connectivity index (χ1n) is 22.9. The average molecular weight is 992 g/mol. The third kappa shape index (κ3) is 12.1. The summed E-state index contributed by atoms with van der Waals surface area (Å²) in [5, 5.41) is 22.9. The number of aromatic carboxylic acids is 1. The van der Waals surface area contributed by atoms with Gasteiger partial charge in [0.15, 0.2) is 0 Å². The van der Waals surface area contributed by atoms with Gasteiger partial charge in [0, 0.05) is 37.8 Å². The van der Waals surface area contributed by atoms with Crippen molar-refractivity contribution in [3.63, 3.8) is 0 Å². The molecule has 0 spiro atoms. The molecule has 9 rings (SSSR count). The summed E-state index contributed by atoms with van der Waals surface area (Å²) in [5.41, 5.74) is 6.72. The van der Waals surface area contributed by atoms with E-state index in [9.17, 15) is 42.3 Å². The minimum absolute atomic E-state index is 0.0275. The van der Waals surface area contributed by atoms with Gasteiger partial charge in [-0.1, -0.05) is 36.4 Å². The van der Waals surface area contributed by atoms with Crippen molar-refractivity contribution in [3.8, 4) is 0 Å². The van der Waals surface area contributed by atoms with Crippen molar-refractivity contribution >= 4 is 47.4 Å². The van der Waals surface area contributed by atoms with Crippen molar-refractivity contribution in [3.05, 3.63) is 188 Å². The monoisotopic (exact) mass is 991 g/mol. The molecular formula is C52H47F2N11O8. The van der Waals surface area contributed by atoms with Crippen LogP contribution in [0.3, 0.4) is 0 Å². The van der Waals surface area contributed by atoms with Crippen molar-refractivity contribution in [1.82, 2.24) is 51.4 Å². The predicted molar refractivity (Wildman–Crippen MR) is 258 cm³/mol. The van der Waals surface area contributed by atoms with Crippen molar-refractivity contribution in [1.29, 1.82) is 0 Å². The second-order valence-corrected chi connectivity index (χ2v) is 17.5. The molecule has 73 heavy (non-hydrogen) atoms. The van der Waals surface area contributed by atoms with E-state index in [0.717, 1.165) is 46.0 Å². The van der Waals surface area contributed by atoms with E-state index in [0.29, 0.717) is 42.4 Å². The minimum Gasteiger partial charge on any atom is -0.478 e. The summed E-state index contributed by atoms with van der Waals surface area (Å²) in [4.78, 5) is 108. The number of aryl methyl sites for hydroxylation is 4. The molecule has 0 unspecified atom stereocenters. The van der Waals surface area contributed by atoms with Gasteiger partial charge in [-0.2, -0.15) is 4.99 Å². The minimum atomic E-state index is -0.994. The number of rotatable bonds is 12. The fraction of sp³-hybridized carbons (Fsp3) is 0.231. The Labute approximate surface area is 416 Å². The van der Waals surface area contributed by atoms with Crippen LogP contribution in [-0.2, 0) is 30.7 Å². The molecule has 21 heteroatoms. The lowest BCUT2D eigenvalue weighted by Crippen LogP contribution is -2.29. The molecule has 0 bridgehead atoms. The summed E-state index contributed by atoms with van der Waals surface area (Å²) >= 11 is 0. The Balaban J connectivity index is 0.000000199. The first-order valence-corrected chi connectivity index (χ1v) is 22.9. The summed E-state index contributed by atoms with van der Waals surface area (Å²) in [7, 11) is 1.67. The van der Waals surface area contributed by atoms with Crippen LogP contribution in [0.1, 0.15) is 132 Å². The van der Waals surface area contributed by atoms with Gasteiger partial charge in [-0.15, -0.1) is 0 Å². The number of guanidine groups is 1. The second-order valence-electron chi connectivity index (χ2n) is 17.5. The van der Waals surface area contributed by atoms with Crippen molar-refractivity contribution in [2.24, 2.45) is 4.99 Å². The number of hydrogen-bond acceptors (Lipinski definition) is 11. The molecule has 3 heterocycles. The van der Waals surface area contributed by atoms with E-state index >= 15 is 0 Å². The van der Waals surface area contributed by atoms with Crippen LogP contribution < -0.4 is 26.6 Å². The highest BCUT2D eigenvalue weighted by molar-refractivity contribution is 6.10. The van der Waals surface area contributed by atoms with Crippen LogP contribution in [-0.4, -0.2) is 90.9 Å². The van der Waals surface area contributed by atoms with Gasteiger partial charge >= 0.3 is 5.97 Å². The molecule has 2 aliphatic carbocycles. The van der Waals surface area contributed by atoms with Crippen LogP contribution in [0.15, 0.2) is 103 Å². The molecule has 6 aromatic rings. The van der Waals surface area contributed by atoms with E-state index in [1.54, 1.807) is 80.4 Å². The molecular weight excluding hydrogens is 945 g/mol. The number of carboxylic acid groups (broad SMARTS) is 1. The average Bonchev–Trinajstić information content (AvgIpc) is 4.08. The van der Waals surface area contributed by atoms with E-state index < -0.39 is 35.5 Å². The smallest absolute Gasteiger partial charge is 0.335 e. The van der Waals surface area contributed by atoms with Gasteiger partial charge in [0.25, 0.3) is 29.5 Å². The molecule has 1 fully saturated rings. The Kier molecular flexibility index (Phi) is 15.1. The molecule has 19 nitrogen and oxygen atoms in total. The van der Waals surface area contributed by atoms with Crippen LogP contribution in [0.5, 0.6) is 0 Å². The molecule has 372 valence electrons. The fourth-order valence-electron chi connectivity index (χ4n) is 8.48. The number of hydrogen-bond donors (Lipinski definition) is 6. The van der Waals surface area contributed by atoms with Gasteiger partial charge in [-0.3, -0.25) is 34.1 Å². The Bertz CT molecular complexity index is 3260. The number of carbonyl (C=O) groups is 7. The summed E-state index contributed by atoms with van der Waals surface area (Å²) in [5.74, 6) is -4.01. The van der Waals surface area contributed by atoms with Crippen LogP contribution in [0.2, 0.25) is 0 Å². The highest BCUT2D eigenvalue weighted by Crippen LogP contribution is 2.33. The molecule has 1 aliphatic heterocycles. The van der Waals surface area contributed by atoms with Gasteiger partial charge in [-0.25, -0.2) is 33.5 Å². The second kappa shape index (κ2) is 21.9. The highest BCUT2D eigenvalue weighted by Gasteiger charge is 2.29. The fourth-order valence-corrected chi connectivity index (χ4v) is 8.48. The number of carbonyl (C=O) groups excluding carboxylic acids is 6. The van der Waals surface area contributed by atoms with Crippen LogP contribution in [0.4, 0.5) is 8.78 Å². The van der Waals surface area contributed by atoms with Crippen molar-refractivity contribution in [2.45, 2.75) is 64.7 Å². The number of aromatic nitrogens is 4. The first-order chi connectivity index (χ1) is 35.0. The van der Waals surface area contributed by atoms with Gasteiger partial charge in [0.05, 0.1) is 24.2 Å². The predicted octanol–water partition coefficient (Wildman–Crippen LogP) is 4.80. The molecule has 0 radical (unpaired) electrons.